The van der Waals surface area contributed by atoms with Crippen molar-refractivity contribution >= 4 is 11.1 Å². The minimum absolute atomic E-state index is 0.0680. The smallest absolute Gasteiger partial charge is 0.0255 e. The molecule has 0 aromatic heterocycles. The van der Waals surface area contributed by atoms with Gasteiger partial charge in [0.15, 0.2) is 0 Å². The van der Waals surface area contributed by atoms with Gasteiger partial charge in [0.2, 0.25) is 0 Å². The molecular formula is C32H36. The number of hydrogen-bond donors (Lipinski definition) is 0. The molecule has 7 aliphatic rings. The first-order valence-corrected chi connectivity index (χ1v) is 13.1. The molecule has 1 aromatic rings. The Morgan fingerprint density at radius 3 is 2.28 bits per heavy atom. The van der Waals surface area contributed by atoms with Crippen LogP contribution in [-0.4, -0.2) is 0 Å². The van der Waals surface area contributed by atoms with Gasteiger partial charge >= 0.3 is 0 Å². The van der Waals surface area contributed by atoms with Gasteiger partial charge in [0.1, 0.15) is 0 Å². The van der Waals surface area contributed by atoms with Crippen LogP contribution in [0.4, 0.5) is 0 Å². The molecule has 0 N–H and O–H groups in total. The van der Waals surface area contributed by atoms with E-state index in [-0.39, 0.29) is 5.41 Å². The van der Waals surface area contributed by atoms with Gasteiger partial charge in [-0.2, -0.15) is 0 Å². The molecule has 1 unspecified atom stereocenters. The summed E-state index contributed by atoms with van der Waals surface area (Å²) in [6.07, 6.45) is 23.2. The van der Waals surface area contributed by atoms with Gasteiger partial charge in [-0.25, -0.2) is 0 Å². The van der Waals surface area contributed by atoms with Crippen LogP contribution in [0.25, 0.3) is 11.1 Å². The van der Waals surface area contributed by atoms with E-state index in [1.165, 1.54) is 48.1 Å². The van der Waals surface area contributed by atoms with Crippen LogP contribution < -0.4 is 10.4 Å². The second-order valence-corrected chi connectivity index (χ2v) is 12.4. The summed E-state index contributed by atoms with van der Waals surface area (Å²) in [5, 5.41) is 2.92. The number of benzene rings is 1. The van der Waals surface area contributed by atoms with E-state index in [2.05, 4.69) is 81.5 Å². The quantitative estimate of drug-likeness (QED) is 0.524. The minimum atomic E-state index is 0.0680. The van der Waals surface area contributed by atoms with Crippen molar-refractivity contribution in [1.29, 1.82) is 0 Å². The zero-order valence-electron chi connectivity index (χ0n) is 19.9. The van der Waals surface area contributed by atoms with Gasteiger partial charge in [0, 0.05) is 11.3 Å². The number of rotatable bonds is 3. The number of fused-ring (bicyclic) bond motifs is 2. The Morgan fingerprint density at radius 2 is 1.56 bits per heavy atom. The lowest BCUT2D eigenvalue weighted by Gasteiger charge is -2.60. The molecule has 0 heteroatoms. The lowest BCUT2D eigenvalue weighted by atomic mass is 9.44. The highest BCUT2D eigenvalue weighted by molar-refractivity contribution is 5.83. The van der Waals surface area contributed by atoms with Crippen molar-refractivity contribution in [1.82, 2.24) is 0 Å². The van der Waals surface area contributed by atoms with E-state index in [1.807, 2.05) is 0 Å². The summed E-state index contributed by atoms with van der Waals surface area (Å²) in [5.74, 6) is 4.36. The van der Waals surface area contributed by atoms with Crippen LogP contribution in [0.15, 0.2) is 71.9 Å². The van der Waals surface area contributed by atoms with E-state index in [4.69, 9.17) is 0 Å². The van der Waals surface area contributed by atoms with Crippen molar-refractivity contribution in [3.8, 4) is 0 Å². The second kappa shape index (κ2) is 6.49. The molecule has 0 nitrogen and oxygen atoms in total. The lowest BCUT2D eigenvalue weighted by molar-refractivity contribution is -0.0753. The van der Waals surface area contributed by atoms with Gasteiger partial charge < -0.3 is 0 Å². The van der Waals surface area contributed by atoms with Crippen LogP contribution in [0.1, 0.15) is 59.3 Å². The molecule has 4 bridgehead atoms. The third-order valence-electron chi connectivity index (χ3n) is 10.7. The molecule has 0 heterocycles. The maximum Gasteiger partial charge on any atom is 0.0255 e. The average Bonchev–Trinajstić information content (AvgIpc) is 3.41. The van der Waals surface area contributed by atoms with Crippen LogP contribution in [0.3, 0.4) is 0 Å². The zero-order chi connectivity index (χ0) is 21.7. The van der Waals surface area contributed by atoms with Crippen molar-refractivity contribution in [2.24, 2.45) is 40.4 Å². The Bertz CT molecular complexity index is 1210. The first kappa shape index (κ1) is 19.4. The Kier molecular flexibility index (Phi) is 3.94. The summed E-state index contributed by atoms with van der Waals surface area (Å²) in [5.41, 5.74) is 6.93. The summed E-state index contributed by atoms with van der Waals surface area (Å²) in [6, 6.07) is 9.12. The molecule has 4 fully saturated rings. The fourth-order valence-electron chi connectivity index (χ4n) is 9.06. The van der Waals surface area contributed by atoms with Crippen LogP contribution in [0.2, 0.25) is 0 Å². The first-order chi connectivity index (χ1) is 15.5. The minimum Gasteiger partial charge on any atom is -0.0766 e. The van der Waals surface area contributed by atoms with Crippen LogP contribution in [0.5, 0.6) is 0 Å². The Balaban J connectivity index is 1.30. The molecule has 8 rings (SSSR count). The molecule has 0 radical (unpaired) electrons. The van der Waals surface area contributed by atoms with Crippen molar-refractivity contribution in [3.05, 3.63) is 82.3 Å². The van der Waals surface area contributed by atoms with Gasteiger partial charge in [0.05, 0.1) is 0 Å². The maximum absolute atomic E-state index is 2.68. The summed E-state index contributed by atoms with van der Waals surface area (Å²) >= 11 is 0. The fourth-order valence-corrected chi connectivity index (χ4v) is 9.06. The van der Waals surface area contributed by atoms with Gasteiger partial charge in [-0.3, -0.25) is 0 Å². The van der Waals surface area contributed by atoms with Crippen LogP contribution >= 0.6 is 0 Å². The Morgan fingerprint density at radius 1 is 0.875 bits per heavy atom. The SMILES string of the molecule is CC(C)(C1=CC(C2(C)C3CC4CC(C3)CC2C4)=CC1)C1=c2ccccc2=C2C=CC=CC21. The van der Waals surface area contributed by atoms with E-state index >= 15 is 0 Å². The molecule has 7 aliphatic carbocycles. The number of hydrogen-bond acceptors (Lipinski definition) is 0. The molecule has 1 atom stereocenters. The van der Waals surface area contributed by atoms with Crippen molar-refractivity contribution in [2.75, 3.05) is 0 Å². The molecule has 4 saturated carbocycles. The van der Waals surface area contributed by atoms with Gasteiger partial charge in [-0.1, -0.05) is 87.1 Å². The first-order valence-electron chi connectivity index (χ1n) is 13.1. The van der Waals surface area contributed by atoms with Crippen LogP contribution in [-0.2, 0) is 0 Å². The van der Waals surface area contributed by atoms with E-state index in [9.17, 15) is 0 Å². The molecule has 164 valence electrons. The Hall–Kier alpha value is -2.08. The van der Waals surface area contributed by atoms with E-state index < -0.39 is 0 Å². The third kappa shape index (κ3) is 2.45. The molecule has 32 heavy (non-hydrogen) atoms. The highest BCUT2D eigenvalue weighted by Gasteiger charge is 2.56. The summed E-state index contributed by atoms with van der Waals surface area (Å²) in [4.78, 5) is 0. The van der Waals surface area contributed by atoms with Gasteiger partial charge in [-0.05, 0) is 94.8 Å². The summed E-state index contributed by atoms with van der Waals surface area (Å²) in [6.45, 7) is 7.64. The largest absolute Gasteiger partial charge is 0.0766 e. The van der Waals surface area contributed by atoms with Crippen molar-refractivity contribution in [2.45, 2.75) is 59.3 Å². The van der Waals surface area contributed by atoms with E-state index in [0.717, 1.165) is 30.1 Å². The predicted octanol–water partition coefficient (Wildman–Crippen LogP) is 6.49. The topological polar surface area (TPSA) is 0 Å². The zero-order valence-corrected chi connectivity index (χ0v) is 19.9. The second-order valence-electron chi connectivity index (χ2n) is 12.4. The van der Waals surface area contributed by atoms with Crippen LogP contribution in [0, 0.1) is 40.4 Å². The predicted molar refractivity (Wildman–Crippen MR) is 134 cm³/mol. The summed E-state index contributed by atoms with van der Waals surface area (Å²) in [7, 11) is 0. The molecule has 0 saturated heterocycles. The molecule has 0 spiro atoms. The highest BCUT2D eigenvalue weighted by Crippen LogP contribution is 2.65. The van der Waals surface area contributed by atoms with Crippen molar-refractivity contribution < 1.29 is 0 Å². The highest BCUT2D eigenvalue weighted by atomic mass is 14.6. The van der Waals surface area contributed by atoms with E-state index in [0.29, 0.717) is 11.3 Å². The van der Waals surface area contributed by atoms with Gasteiger partial charge in [-0.15, -0.1) is 0 Å². The lowest BCUT2D eigenvalue weighted by Crippen LogP contribution is -2.52. The molecular weight excluding hydrogens is 384 g/mol. The molecule has 0 amide bonds. The monoisotopic (exact) mass is 420 g/mol. The maximum atomic E-state index is 2.68. The third-order valence-corrected chi connectivity index (χ3v) is 10.7. The molecule has 1 aromatic carbocycles. The normalized spacial score (nSPS) is 38.8. The van der Waals surface area contributed by atoms with E-state index in [1.54, 1.807) is 16.7 Å². The van der Waals surface area contributed by atoms with Gasteiger partial charge in [0.25, 0.3) is 0 Å². The van der Waals surface area contributed by atoms with Crippen molar-refractivity contribution in [3.63, 3.8) is 0 Å². The standard InChI is InChI=1S/C32H36/c1-31(2,30-28-10-6-4-8-26(28)27-9-5-7-11-29(27)30)22-12-13-23(19-22)32(3)24-15-20-14-21(17-24)18-25(32)16-20/h4-11,13,19-21,24-25,28H,12,14-18H2,1-3H3. The molecule has 0 aliphatic heterocycles. The fraction of sp³-hybridized carbons (Fsp3) is 0.500. The average molecular weight is 421 g/mol. The summed E-state index contributed by atoms with van der Waals surface area (Å²) < 4.78 is 0. The Labute approximate surface area is 193 Å². The number of allylic oxidation sites excluding steroid dienone is 8.